The van der Waals surface area contributed by atoms with Crippen molar-refractivity contribution >= 4 is 5.91 Å². The number of aromatic nitrogens is 1. The number of benzene rings is 1. The summed E-state index contributed by atoms with van der Waals surface area (Å²) in [6.07, 6.45) is 7.11. The van der Waals surface area contributed by atoms with Crippen molar-refractivity contribution in [3.8, 4) is 0 Å². The molecule has 5 rings (SSSR count). The molecule has 29 heavy (non-hydrogen) atoms. The molecule has 1 aliphatic heterocycles. The third-order valence-electron chi connectivity index (χ3n) is 6.85. The van der Waals surface area contributed by atoms with Gasteiger partial charge in [0, 0.05) is 44.5 Å². The highest BCUT2D eigenvalue weighted by molar-refractivity contribution is 5.95. The van der Waals surface area contributed by atoms with Gasteiger partial charge in [0.1, 0.15) is 5.56 Å². The van der Waals surface area contributed by atoms with E-state index in [9.17, 15) is 9.59 Å². The Labute approximate surface area is 171 Å². The van der Waals surface area contributed by atoms with Gasteiger partial charge in [0.15, 0.2) is 0 Å². The molecule has 2 fully saturated rings. The number of hydrogen-bond acceptors (Lipinski definition) is 3. The Morgan fingerprint density at radius 3 is 2.34 bits per heavy atom. The average Bonchev–Trinajstić information content (AvgIpc) is 3.50. The van der Waals surface area contributed by atoms with E-state index in [1.165, 1.54) is 11.1 Å². The fourth-order valence-corrected chi connectivity index (χ4v) is 5.00. The van der Waals surface area contributed by atoms with Crippen LogP contribution in [0.25, 0.3) is 0 Å². The summed E-state index contributed by atoms with van der Waals surface area (Å²) in [7, 11) is 0. The van der Waals surface area contributed by atoms with Gasteiger partial charge in [-0.15, -0.1) is 0 Å². The SMILES string of the molecule is Cc1ccn(C2CC2)c(=O)c1C(=O)N1CCCN(C2Cc3ccccc3C2)CC1. The Morgan fingerprint density at radius 2 is 1.66 bits per heavy atom. The number of aryl methyl sites for hydroxylation is 1. The molecule has 2 aromatic rings. The Hall–Kier alpha value is -2.40. The quantitative estimate of drug-likeness (QED) is 0.808. The van der Waals surface area contributed by atoms with Crippen LogP contribution >= 0.6 is 0 Å². The van der Waals surface area contributed by atoms with Crippen molar-refractivity contribution < 1.29 is 4.79 Å². The van der Waals surface area contributed by atoms with Crippen molar-refractivity contribution in [3.63, 3.8) is 0 Å². The van der Waals surface area contributed by atoms with Crippen LogP contribution in [0.5, 0.6) is 0 Å². The Bertz CT molecular complexity index is 967. The second kappa shape index (κ2) is 7.45. The molecule has 2 heterocycles. The molecule has 0 unspecified atom stereocenters. The molecular formula is C24H29N3O2. The number of nitrogens with zero attached hydrogens (tertiary/aromatic N) is 3. The van der Waals surface area contributed by atoms with Crippen LogP contribution < -0.4 is 5.56 Å². The zero-order chi connectivity index (χ0) is 20.0. The van der Waals surface area contributed by atoms with Gasteiger partial charge in [0.2, 0.25) is 0 Å². The van der Waals surface area contributed by atoms with E-state index in [4.69, 9.17) is 0 Å². The average molecular weight is 392 g/mol. The zero-order valence-corrected chi connectivity index (χ0v) is 17.1. The van der Waals surface area contributed by atoms with Crippen molar-refractivity contribution in [3.05, 3.63) is 69.1 Å². The van der Waals surface area contributed by atoms with Crippen LogP contribution in [0.15, 0.2) is 41.3 Å². The molecular weight excluding hydrogens is 362 g/mol. The summed E-state index contributed by atoms with van der Waals surface area (Å²) in [5.41, 5.74) is 4.00. The smallest absolute Gasteiger partial charge is 0.263 e. The monoisotopic (exact) mass is 391 g/mol. The predicted octanol–water partition coefficient (Wildman–Crippen LogP) is 2.81. The first kappa shape index (κ1) is 18.6. The molecule has 0 atom stereocenters. The van der Waals surface area contributed by atoms with Gasteiger partial charge >= 0.3 is 0 Å². The lowest BCUT2D eigenvalue weighted by Gasteiger charge is -2.27. The first-order valence-corrected chi connectivity index (χ1v) is 10.9. The fraction of sp³-hybridized carbons (Fsp3) is 0.500. The lowest BCUT2D eigenvalue weighted by molar-refractivity contribution is 0.0755. The molecule has 5 heteroatoms. The van der Waals surface area contributed by atoms with Gasteiger partial charge in [-0.2, -0.15) is 0 Å². The lowest BCUT2D eigenvalue weighted by atomic mass is 10.1. The highest BCUT2D eigenvalue weighted by Crippen LogP contribution is 2.33. The van der Waals surface area contributed by atoms with E-state index in [1.807, 2.05) is 24.1 Å². The summed E-state index contributed by atoms with van der Waals surface area (Å²) in [5, 5.41) is 0. The van der Waals surface area contributed by atoms with Gasteiger partial charge in [-0.3, -0.25) is 14.5 Å². The van der Waals surface area contributed by atoms with Crippen molar-refractivity contribution in [2.24, 2.45) is 0 Å². The number of pyridine rings is 1. The Balaban J connectivity index is 1.30. The Kier molecular flexibility index (Phi) is 4.78. The van der Waals surface area contributed by atoms with E-state index in [0.29, 0.717) is 24.2 Å². The van der Waals surface area contributed by atoms with E-state index in [-0.39, 0.29) is 11.5 Å². The second-order valence-electron chi connectivity index (χ2n) is 8.83. The molecule has 0 bridgehead atoms. The lowest BCUT2D eigenvalue weighted by Crippen LogP contribution is -2.41. The number of fused-ring (bicyclic) bond motifs is 1. The molecule has 1 amide bonds. The highest BCUT2D eigenvalue weighted by Gasteiger charge is 2.31. The molecule has 1 saturated heterocycles. The van der Waals surface area contributed by atoms with Gasteiger partial charge in [-0.1, -0.05) is 24.3 Å². The second-order valence-corrected chi connectivity index (χ2v) is 8.83. The third-order valence-corrected chi connectivity index (χ3v) is 6.85. The van der Waals surface area contributed by atoms with Gasteiger partial charge in [0.05, 0.1) is 0 Å². The topological polar surface area (TPSA) is 45.6 Å². The minimum Gasteiger partial charge on any atom is -0.337 e. The van der Waals surface area contributed by atoms with Crippen molar-refractivity contribution in [2.45, 2.75) is 51.1 Å². The van der Waals surface area contributed by atoms with Gasteiger partial charge in [0.25, 0.3) is 11.5 Å². The molecule has 0 N–H and O–H groups in total. The first-order chi connectivity index (χ1) is 14.1. The summed E-state index contributed by atoms with van der Waals surface area (Å²) < 4.78 is 1.76. The van der Waals surface area contributed by atoms with E-state index in [1.54, 1.807) is 4.57 Å². The van der Waals surface area contributed by atoms with Gasteiger partial charge < -0.3 is 9.47 Å². The molecule has 3 aliphatic rings. The van der Waals surface area contributed by atoms with Gasteiger partial charge in [-0.25, -0.2) is 0 Å². The minimum absolute atomic E-state index is 0.0842. The summed E-state index contributed by atoms with van der Waals surface area (Å²) >= 11 is 0. The van der Waals surface area contributed by atoms with Crippen LogP contribution in [0.1, 0.15) is 52.4 Å². The van der Waals surface area contributed by atoms with Crippen LogP contribution in [0.3, 0.4) is 0 Å². The highest BCUT2D eigenvalue weighted by atomic mass is 16.2. The van der Waals surface area contributed by atoms with Gasteiger partial charge in [-0.05, 0) is 61.8 Å². The zero-order valence-electron chi connectivity index (χ0n) is 17.1. The van der Waals surface area contributed by atoms with Crippen molar-refractivity contribution in [1.29, 1.82) is 0 Å². The van der Waals surface area contributed by atoms with E-state index >= 15 is 0 Å². The van der Waals surface area contributed by atoms with Crippen molar-refractivity contribution in [1.82, 2.24) is 14.4 Å². The predicted molar refractivity (Wildman–Crippen MR) is 113 cm³/mol. The van der Waals surface area contributed by atoms with Crippen molar-refractivity contribution in [2.75, 3.05) is 26.2 Å². The number of carbonyl (C=O) groups is 1. The van der Waals surface area contributed by atoms with Crippen LogP contribution in [-0.4, -0.2) is 52.5 Å². The standard InChI is InChI=1S/C24H29N3O2/c1-17-9-12-27(20-7-8-20)24(29)22(17)23(28)26-11-4-10-25(13-14-26)21-15-18-5-2-3-6-19(18)16-21/h2-3,5-6,9,12,20-21H,4,7-8,10-11,13-16H2,1H3. The molecule has 1 aromatic carbocycles. The molecule has 1 aromatic heterocycles. The third kappa shape index (κ3) is 3.52. The first-order valence-electron chi connectivity index (χ1n) is 10.9. The number of carbonyl (C=O) groups excluding carboxylic acids is 1. The molecule has 0 spiro atoms. The maximum Gasteiger partial charge on any atom is 0.263 e. The van der Waals surface area contributed by atoms with Crippen LogP contribution in [-0.2, 0) is 12.8 Å². The fourth-order valence-electron chi connectivity index (χ4n) is 5.00. The molecule has 0 radical (unpaired) electrons. The van der Waals surface area contributed by atoms with E-state index in [0.717, 1.165) is 57.3 Å². The normalized spacial score (nSPS) is 20.5. The number of amides is 1. The van der Waals surface area contributed by atoms with Crippen LogP contribution in [0.2, 0.25) is 0 Å². The number of hydrogen-bond donors (Lipinski definition) is 0. The van der Waals surface area contributed by atoms with E-state index < -0.39 is 0 Å². The number of rotatable bonds is 3. The summed E-state index contributed by atoms with van der Waals surface area (Å²) in [6, 6.07) is 11.5. The largest absolute Gasteiger partial charge is 0.337 e. The summed E-state index contributed by atoms with van der Waals surface area (Å²) in [5.74, 6) is -0.0842. The van der Waals surface area contributed by atoms with Crippen LogP contribution in [0.4, 0.5) is 0 Å². The maximum atomic E-state index is 13.3. The summed E-state index contributed by atoms with van der Waals surface area (Å²) in [6.45, 7) is 5.20. The van der Waals surface area contributed by atoms with Crippen LogP contribution in [0, 0.1) is 6.92 Å². The molecule has 152 valence electrons. The minimum atomic E-state index is -0.107. The summed E-state index contributed by atoms with van der Waals surface area (Å²) in [4.78, 5) is 30.7. The molecule has 2 aliphatic carbocycles. The van der Waals surface area contributed by atoms with E-state index in [2.05, 4.69) is 29.2 Å². The molecule has 5 nitrogen and oxygen atoms in total. The maximum absolute atomic E-state index is 13.3. The molecule has 1 saturated carbocycles. The Morgan fingerprint density at radius 1 is 0.931 bits per heavy atom.